The van der Waals surface area contributed by atoms with Crippen LogP contribution in [-0.4, -0.2) is 86.0 Å². The van der Waals surface area contributed by atoms with E-state index in [0.717, 1.165) is 6.20 Å². The molecule has 0 saturated carbocycles. The summed E-state index contributed by atoms with van der Waals surface area (Å²) in [7, 11) is -1.74. The zero-order valence-corrected chi connectivity index (χ0v) is 14.5. The second kappa shape index (κ2) is 6.93. The summed E-state index contributed by atoms with van der Waals surface area (Å²) < 4.78 is 56.2. The lowest BCUT2D eigenvalue weighted by Crippen LogP contribution is -2.61. The Morgan fingerprint density at radius 3 is 2.72 bits per heavy atom. The topological polar surface area (TPSA) is 79.8 Å². The molecule has 3 rings (SSSR count). The summed E-state index contributed by atoms with van der Waals surface area (Å²) in [5.41, 5.74) is -0.491. The number of halogens is 2. The Bertz CT molecular complexity index is 774. The first-order valence-electron chi connectivity index (χ1n) is 7.88. The number of sulfone groups is 1. The van der Waals surface area contributed by atoms with E-state index in [9.17, 15) is 22.0 Å². The number of amides is 1. The first-order chi connectivity index (χ1) is 11.8. The number of piperazine rings is 1. The number of ether oxygens (including phenoxy) is 1. The zero-order valence-electron chi connectivity index (χ0n) is 13.7. The van der Waals surface area contributed by atoms with E-state index in [0.29, 0.717) is 25.8 Å². The van der Waals surface area contributed by atoms with Crippen LogP contribution in [0.15, 0.2) is 12.3 Å². The van der Waals surface area contributed by atoms with Gasteiger partial charge in [-0.15, -0.1) is 0 Å². The quantitative estimate of drug-likeness (QED) is 0.733. The third kappa shape index (κ3) is 3.65. The summed E-state index contributed by atoms with van der Waals surface area (Å²) in [6.07, 6.45) is 0.772. The second-order valence-corrected chi connectivity index (χ2v) is 8.38. The molecule has 0 N–H and O–H groups in total. The molecule has 0 spiro atoms. The Labute approximate surface area is 144 Å². The Balaban J connectivity index is 1.86. The molecular weight excluding hydrogens is 356 g/mol. The van der Waals surface area contributed by atoms with E-state index in [-0.39, 0.29) is 24.1 Å². The molecule has 2 atom stereocenters. The molecule has 7 nitrogen and oxygen atoms in total. The first kappa shape index (κ1) is 18.2. The maximum absolute atomic E-state index is 13.9. The highest BCUT2D eigenvalue weighted by molar-refractivity contribution is 7.91. The number of hydrogen-bond acceptors (Lipinski definition) is 6. The van der Waals surface area contributed by atoms with Crippen LogP contribution in [0, 0.1) is 11.6 Å². The fraction of sp³-hybridized carbons (Fsp3) is 0.600. The van der Waals surface area contributed by atoms with Crippen molar-refractivity contribution in [2.75, 3.05) is 44.9 Å². The lowest BCUT2D eigenvalue weighted by Gasteiger charge is -2.43. The lowest BCUT2D eigenvalue weighted by atomic mass is 10.0. The largest absolute Gasteiger partial charge is 0.383 e. The van der Waals surface area contributed by atoms with Crippen molar-refractivity contribution in [3.8, 4) is 0 Å². The van der Waals surface area contributed by atoms with Gasteiger partial charge in [0, 0.05) is 38.9 Å². The number of hydrogen-bond donors (Lipinski definition) is 0. The molecule has 25 heavy (non-hydrogen) atoms. The third-order valence-corrected chi connectivity index (χ3v) is 6.34. The van der Waals surface area contributed by atoms with Crippen molar-refractivity contribution in [3.05, 3.63) is 29.6 Å². The van der Waals surface area contributed by atoms with Crippen molar-refractivity contribution in [1.29, 1.82) is 0 Å². The molecule has 2 saturated heterocycles. The minimum absolute atomic E-state index is 0.0511. The second-order valence-electron chi connectivity index (χ2n) is 6.22. The van der Waals surface area contributed by atoms with Gasteiger partial charge in [0.1, 0.15) is 5.82 Å². The molecule has 10 heteroatoms. The number of nitrogens with zero attached hydrogens (tertiary/aromatic N) is 3. The number of carbonyl (C=O) groups excluding carboxylic acids is 1. The molecule has 0 aromatic carbocycles. The Kier molecular flexibility index (Phi) is 5.03. The van der Waals surface area contributed by atoms with Crippen LogP contribution in [-0.2, 0) is 14.6 Å². The molecule has 2 fully saturated rings. The highest BCUT2D eigenvalue weighted by Crippen LogP contribution is 2.28. The number of pyridine rings is 1. The zero-order chi connectivity index (χ0) is 18.2. The van der Waals surface area contributed by atoms with Crippen molar-refractivity contribution < 1.29 is 26.7 Å². The normalized spacial score (nSPS) is 25.8. The van der Waals surface area contributed by atoms with E-state index in [1.165, 1.54) is 4.90 Å². The molecule has 1 aromatic heterocycles. The number of methoxy groups -OCH3 is 1. The van der Waals surface area contributed by atoms with Crippen molar-refractivity contribution in [2.24, 2.45) is 0 Å². The van der Waals surface area contributed by atoms with Gasteiger partial charge in [-0.1, -0.05) is 0 Å². The summed E-state index contributed by atoms with van der Waals surface area (Å²) in [5.74, 6) is -2.86. The van der Waals surface area contributed by atoms with Gasteiger partial charge in [0.25, 0.3) is 5.91 Å². The van der Waals surface area contributed by atoms with Crippen molar-refractivity contribution in [2.45, 2.75) is 12.1 Å². The van der Waals surface area contributed by atoms with Gasteiger partial charge in [-0.3, -0.25) is 9.69 Å². The van der Waals surface area contributed by atoms with Gasteiger partial charge in [-0.2, -0.15) is 0 Å². The highest BCUT2D eigenvalue weighted by Gasteiger charge is 2.48. The highest BCUT2D eigenvalue weighted by atomic mass is 32.2. The van der Waals surface area contributed by atoms with Gasteiger partial charge < -0.3 is 9.64 Å². The predicted octanol–water partition coefficient (Wildman–Crippen LogP) is -0.0704. The van der Waals surface area contributed by atoms with Crippen molar-refractivity contribution >= 4 is 15.7 Å². The maximum atomic E-state index is 13.9. The Morgan fingerprint density at radius 1 is 1.32 bits per heavy atom. The van der Waals surface area contributed by atoms with Crippen LogP contribution < -0.4 is 0 Å². The molecule has 0 radical (unpaired) electrons. The molecule has 138 valence electrons. The summed E-state index contributed by atoms with van der Waals surface area (Å²) in [5, 5.41) is 0. The van der Waals surface area contributed by atoms with E-state index in [1.54, 1.807) is 7.11 Å². The average Bonchev–Trinajstić information content (AvgIpc) is 2.87. The van der Waals surface area contributed by atoms with Crippen LogP contribution in [0.1, 0.15) is 10.5 Å². The number of carbonyl (C=O) groups is 1. The molecule has 0 bridgehead atoms. The first-order valence-corrected chi connectivity index (χ1v) is 9.70. The van der Waals surface area contributed by atoms with Gasteiger partial charge in [-0.25, -0.2) is 22.2 Å². The van der Waals surface area contributed by atoms with Gasteiger partial charge in [-0.05, 0) is 0 Å². The summed E-state index contributed by atoms with van der Waals surface area (Å²) in [4.78, 5) is 19.5. The average molecular weight is 375 g/mol. The predicted molar refractivity (Wildman–Crippen MR) is 84.9 cm³/mol. The smallest absolute Gasteiger partial charge is 0.275 e. The van der Waals surface area contributed by atoms with Gasteiger partial charge >= 0.3 is 0 Å². The standard InChI is InChI=1S/C15H19F2N3O4S/c1-24-5-4-19-2-3-20(13-9-25(22,23)8-12(13)19)15(21)14-11(17)6-10(16)7-18-14/h6-7,12-13H,2-5,8-9H2,1H3. The van der Waals surface area contributed by atoms with E-state index in [4.69, 9.17) is 4.74 Å². The molecule has 2 aliphatic heterocycles. The van der Waals surface area contributed by atoms with E-state index < -0.39 is 39.1 Å². The Morgan fingerprint density at radius 2 is 2.04 bits per heavy atom. The Hall–Kier alpha value is -1.65. The number of aromatic nitrogens is 1. The van der Waals surface area contributed by atoms with Crippen LogP contribution in [0.2, 0.25) is 0 Å². The number of rotatable bonds is 4. The number of fused-ring (bicyclic) bond motifs is 1. The molecule has 0 aliphatic carbocycles. The molecular formula is C15H19F2N3O4S. The van der Waals surface area contributed by atoms with Crippen LogP contribution in [0.5, 0.6) is 0 Å². The van der Waals surface area contributed by atoms with Crippen LogP contribution >= 0.6 is 0 Å². The van der Waals surface area contributed by atoms with Crippen LogP contribution in [0.4, 0.5) is 8.78 Å². The third-order valence-electron chi connectivity index (χ3n) is 4.64. The van der Waals surface area contributed by atoms with Crippen molar-refractivity contribution in [3.63, 3.8) is 0 Å². The maximum Gasteiger partial charge on any atom is 0.275 e. The van der Waals surface area contributed by atoms with Crippen LogP contribution in [0.3, 0.4) is 0 Å². The van der Waals surface area contributed by atoms with Crippen molar-refractivity contribution in [1.82, 2.24) is 14.8 Å². The summed E-state index contributed by atoms with van der Waals surface area (Å²) in [6.45, 7) is 1.70. The minimum atomic E-state index is -3.30. The van der Waals surface area contributed by atoms with Crippen LogP contribution in [0.25, 0.3) is 0 Å². The molecule has 2 unspecified atom stereocenters. The summed E-state index contributed by atoms with van der Waals surface area (Å²) in [6, 6.07) is -0.339. The molecule has 2 aliphatic rings. The minimum Gasteiger partial charge on any atom is -0.383 e. The summed E-state index contributed by atoms with van der Waals surface area (Å²) >= 11 is 0. The molecule has 1 aromatic rings. The monoisotopic (exact) mass is 375 g/mol. The van der Waals surface area contributed by atoms with Gasteiger partial charge in [0.05, 0.1) is 30.4 Å². The molecule has 3 heterocycles. The SMILES string of the molecule is COCCN1CCN(C(=O)c2ncc(F)cc2F)C2CS(=O)(=O)CC21. The van der Waals surface area contributed by atoms with Gasteiger partial charge in [0.2, 0.25) is 0 Å². The fourth-order valence-electron chi connectivity index (χ4n) is 3.47. The lowest BCUT2D eigenvalue weighted by molar-refractivity contribution is 0.0240. The van der Waals surface area contributed by atoms with E-state index >= 15 is 0 Å². The van der Waals surface area contributed by atoms with E-state index in [1.807, 2.05) is 4.90 Å². The van der Waals surface area contributed by atoms with E-state index in [2.05, 4.69) is 4.98 Å². The fourth-order valence-corrected chi connectivity index (χ4v) is 5.48. The molecule has 1 amide bonds. The van der Waals surface area contributed by atoms with Gasteiger partial charge in [0.15, 0.2) is 21.3 Å².